The highest BCUT2D eigenvalue weighted by Crippen LogP contribution is 2.26. The van der Waals surface area contributed by atoms with Gasteiger partial charge in [0, 0.05) is 6.04 Å². The Hall–Kier alpha value is -1.52. The van der Waals surface area contributed by atoms with Gasteiger partial charge in [-0.2, -0.15) is 0 Å². The molecule has 4 heteroatoms. The lowest BCUT2D eigenvalue weighted by Crippen LogP contribution is -2.25. The topological polar surface area (TPSA) is 44.5 Å². The maximum atomic E-state index is 6.26. The van der Waals surface area contributed by atoms with Crippen molar-refractivity contribution in [1.29, 1.82) is 0 Å². The van der Waals surface area contributed by atoms with E-state index in [4.69, 9.17) is 15.2 Å². The molecule has 2 aromatic carbocycles. The first kappa shape index (κ1) is 15.9. The third-order valence-electron chi connectivity index (χ3n) is 3.35. The Kier molecular flexibility index (Phi) is 5.65. The van der Waals surface area contributed by atoms with Gasteiger partial charge in [-0.1, -0.05) is 18.2 Å². The smallest absolute Gasteiger partial charge is 0.133 e. The minimum Gasteiger partial charge on any atom is -0.497 e. The predicted octanol–water partition coefficient (Wildman–Crippen LogP) is 3.58. The number of methoxy groups -OCH3 is 2. The van der Waals surface area contributed by atoms with Crippen LogP contribution in [0.5, 0.6) is 11.5 Å². The molecule has 0 aliphatic rings. The maximum absolute atomic E-state index is 6.26. The van der Waals surface area contributed by atoms with Gasteiger partial charge in [0.2, 0.25) is 0 Å². The van der Waals surface area contributed by atoms with Gasteiger partial charge in [0.25, 0.3) is 0 Å². The lowest BCUT2D eigenvalue weighted by molar-refractivity contribution is 0.412. The molecule has 2 aromatic rings. The molecule has 2 N–H and O–H groups in total. The van der Waals surface area contributed by atoms with E-state index in [2.05, 4.69) is 34.1 Å². The van der Waals surface area contributed by atoms with E-state index in [0.29, 0.717) is 0 Å². The van der Waals surface area contributed by atoms with Crippen LogP contribution >= 0.6 is 15.9 Å². The van der Waals surface area contributed by atoms with Crippen LogP contribution in [-0.4, -0.2) is 20.3 Å². The van der Waals surface area contributed by atoms with Crippen molar-refractivity contribution in [2.75, 3.05) is 14.2 Å². The summed E-state index contributed by atoms with van der Waals surface area (Å²) in [5, 5.41) is 0. The number of hydrogen-bond donors (Lipinski definition) is 1. The van der Waals surface area contributed by atoms with Crippen LogP contribution in [0.4, 0.5) is 0 Å². The SMILES string of the molecule is COc1cccc(CC(N)Cc2ccc(OC)c(Br)c2)c1. The molecular weight excluding hydrogens is 330 g/mol. The number of halogens is 1. The molecule has 0 bridgehead atoms. The molecule has 2 rings (SSSR count). The first-order valence-electron chi connectivity index (χ1n) is 6.83. The van der Waals surface area contributed by atoms with E-state index >= 15 is 0 Å². The molecule has 0 fully saturated rings. The number of rotatable bonds is 6. The Morgan fingerprint density at radius 3 is 2.33 bits per heavy atom. The summed E-state index contributed by atoms with van der Waals surface area (Å²) in [6.07, 6.45) is 1.64. The van der Waals surface area contributed by atoms with E-state index in [1.165, 1.54) is 11.1 Å². The minimum absolute atomic E-state index is 0.0670. The van der Waals surface area contributed by atoms with E-state index in [1.807, 2.05) is 24.3 Å². The molecule has 0 aliphatic carbocycles. The van der Waals surface area contributed by atoms with Crippen LogP contribution in [0.3, 0.4) is 0 Å². The summed E-state index contributed by atoms with van der Waals surface area (Å²) >= 11 is 3.50. The summed E-state index contributed by atoms with van der Waals surface area (Å²) in [5.41, 5.74) is 8.64. The van der Waals surface area contributed by atoms with Crippen molar-refractivity contribution in [2.24, 2.45) is 5.73 Å². The van der Waals surface area contributed by atoms with Gasteiger partial charge in [-0.3, -0.25) is 0 Å². The Morgan fingerprint density at radius 2 is 1.71 bits per heavy atom. The molecule has 0 saturated heterocycles. The summed E-state index contributed by atoms with van der Waals surface area (Å²) in [5.74, 6) is 1.70. The Bertz CT molecular complexity index is 601. The Labute approximate surface area is 134 Å². The molecule has 0 saturated carbocycles. The summed E-state index contributed by atoms with van der Waals surface area (Å²) in [4.78, 5) is 0. The second kappa shape index (κ2) is 7.48. The van der Waals surface area contributed by atoms with Crippen molar-refractivity contribution in [1.82, 2.24) is 0 Å². The van der Waals surface area contributed by atoms with Crippen molar-refractivity contribution >= 4 is 15.9 Å². The fraction of sp³-hybridized carbons (Fsp3) is 0.294. The molecule has 112 valence electrons. The molecule has 1 atom stereocenters. The highest BCUT2D eigenvalue weighted by Gasteiger charge is 2.08. The van der Waals surface area contributed by atoms with Gasteiger partial charge in [-0.05, 0) is 64.2 Å². The van der Waals surface area contributed by atoms with E-state index in [1.54, 1.807) is 14.2 Å². The van der Waals surface area contributed by atoms with Gasteiger partial charge in [0.1, 0.15) is 11.5 Å². The van der Waals surface area contributed by atoms with Crippen LogP contribution in [-0.2, 0) is 12.8 Å². The molecule has 0 amide bonds. The van der Waals surface area contributed by atoms with E-state index in [-0.39, 0.29) is 6.04 Å². The van der Waals surface area contributed by atoms with Crippen LogP contribution in [0.15, 0.2) is 46.9 Å². The average Bonchev–Trinajstić information content (AvgIpc) is 2.47. The van der Waals surface area contributed by atoms with Gasteiger partial charge in [-0.25, -0.2) is 0 Å². The van der Waals surface area contributed by atoms with Crippen molar-refractivity contribution in [2.45, 2.75) is 18.9 Å². The number of ether oxygens (including phenoxy) is 2. The fourth-order valence-corrected chi connectivity index (χ4v) is 2.90. The lowest BCUT2D eigenvalue weighted by Gasteiger charge is -2.13. The molecule has 0 aromatic heterocycles. The van der Waals surface area contributed by atoms with Crippen molar-refractivity contribution < 1.29 is 9.47 Å². The molecule has 0 radical (unpaired) electrons. The van der Waals surface area contributed by atoms with Gasteiger partial charge in [-0.15, -0.1) is 0 Å². The van der Waals surface area contributed by atoms with Gasteiger partial charge in [0.15, 0.2) is 0 Å². The van der Waals surface area contributed by atoms with E-state index in [0.717, 1.165) is 28.8 Å². The maximum Gasteiger partial charge on any atom is 0.133 e. The van der Waals surface area contributed by atoms with E-state index in [9.17, 15) is 0 Å². The van der Waals surface area contributed by atoms with Crippen molar-refractivity contribution in [3.05, 3.63) is 58.1 Å². The summed E-state index contributed by atoms with van der Waals surface area (Å²) in [6, 6.07) is 14.2. The zero-order valence-corrected chi connectivity index (χ0v) is 13.9. The highest BCUT2D eigenvalue weighted by atomic mass is 79.9. The molecular formula is C17H20BrNO2. The first-order valence-corrected chi connectivity index (χ1v) is 7.62. The van der Waals surface area contributed by atoms with Crippen LogP contribution in [0.2, 0.25) is 0 Å². The average molecular weight is 350 g/mol. The zero-order valence-electron chi connectivity index (χ0n) is 12.3. The Morgan fingerprint density at radius 1 is 1.00 bits per heavy atom. The number of hydrogen-bond acceptors (Lipinski definition) is 3. The fourth-order valence-electron chi connectivity index (χ4n) is 2.31. The monoisotopic (exact) mass is 349 g/mol. The van der Waals surface area contributed by atoms with Crippen molar-refractivity contribution in [3.8, 4) is 11.5 Å². The molecule has 21 heavy (non-hydrogen) atoms. The first-order chi connectivity index (χ1) is 10.1. The quantitative estimate of drug-likeness (QED) is 0.866. The third-order valence-corrected chi connectivity index (χ3v) is 3.97. The second-order valence-corrected chi connectivity index (χ2v) is 5.84. The number of nitrogens with two attached hydrogens (primary N) is 1. The summed E-state index contributed by atoms with van der Waals surface area (Å²) in [6.45, 7) is 0. The minimum atomic E-state index is 0.0670. The van der Waals surface area contributed by atoms with Crippen LogP contribution in [0.25, 0.3) is 0 Å². The summed E-state index contributed by atoms with van der Waals surface area (Å²) < 4.78 is 11.4. The lowest BCUT2D eigenvalue weighted by atomic mass is 9.99. The van der Waals surface area contributed by atoms with Gasteiger partial charge >= 0.3 is 0 Å². The van der Waals surface area contributed by atoms with E-state index < -0.39 is 0 Å². The van der Waals surface area contributed by atoms with Crippen molar-refractivity contribution in [3.63, 3.8) is 0 Å². The Balaban J connectivity index is 2.00. The molecule has 0 spiro atoms. The van der Waals surface area contributed by atoms with Gasteiger partial charge in [0.05, 0.1) is 18.7 Å². The van der Waals surface area contributed by atoms with Crippen LogP contribution in [0.1, 0.15) is 11.1 Å². The standard InChI is InChI=1S/C17H20BrNO2/c1-20-15-5-3-4-12(10-15)8-14(19)9-13-6-7-17(21-2)16(18)11-13/h3-7,10-11,14H,8-9,19H2,1-2H3. The van der Waals surface area contributed by atoms with Crippen LogP contribution < -0.4 is 15.2 Å². The second-order valence-electron chi connectivity index (χ2n) is 4.99. The number of benzene rings is 2. The third kappa shape index (κ3) is 4.48. The molecule has 1 unspecified atom stereocenters. The summed E-state index contributed by atoms with van der Waals surface area (Å²) in [7, 11) is 3.34. The zero-order chi connectivity index (χ0) is 15.2. The largest absolute Gasteiger partial charge is 0.497 e. The molecule has 0 heterocycles. The highest BCUT2D eigenvalue weighted by molar-refractivity contribution is 9.10. The normalized spacial score (nSPS) is 12.0. The van der Waals surface area contributed by atoms with Crippen LogP contribution in [0, 0.1) is 0 Å². The molecule has 0 aliphatic heterocycles. The predicted molar refractivity (Wildman–Crippen MR) is 89.1 cm³/mol. The molecule has 3 nitrogen and oxygen atoms in total. The van der Waals surface area contributed by atoms with Gasteiger partial charge < -0.3 is 15.2 Å².